The van der Waals surface area contributed by atoms with Gasteiger partial charge in [0.05, 0.1) is 18.3 Å². The molecule has 35 heavy (non-hydrogen) atoms. The Hall–Kier alpha value is -4.23. The zero-order valence-electron chi connectivity index (χ0n) is 18.1. The maximum absolute atomic E-state index is 13.1. The molecule has 10 nitrogen and oxygen atoms in total. The van der Waals surface area contributed by atoms with Crippen molar-refractivity contribution in [3.63, 3.8) is 0 Å². The summed E-state index contributed by atoms with van der Waals surface area (Å²) in [6.07, 6.45) is -1.30. The third-order valence-electron chi connectivity index (χ3n) is 5.46. The van der Waals surface area contributed by atoms with Crippen molar-refractivity contribution in [3.05, 3.63) is 54.4 Å². The van der Waals surface area contributed by atoms with Gasteiger partial charge in [-0.15, -0.1) is 5.10 Å². The molecule has 0 spiro atoms. The van der Waals surface area contributed by atoms with E-state index in [-0.39, 0.29) is 23.4 Å². The van der Waals surface area contributed by atoms with Gasteiger partial charge in [0.1, 0.15) is 11.6 Å². The summed E-state index contributed by atoms with van der Waals surface area (Å²) in [5.41, 5.74) is 0.847. The summed E-state index contributed by atoms with van der Waals surface area (Å²) in [5.74, 6) is -0.223. The van der Waals surface area contributed by atoms with Crippen molar-refractivity contribution in [3.8, 4) is 0 Å². The predicted molar refractivity (Wildman–Crippen MR) is 118 cm³/mol. The summed E-state index contributed by atoms with van der Waals surface area (Å²) in [7, 11) is 0. The Bertz CT molecular complexity index is 1350. The van der Waals surface area contributed by atoms with E-state index in [1.807, 2.05) is 0 Å². The van der Waals surface area contributed by atoms with Gasteiger partial charge in [0.15, 0.2) is 11.6 Å². The summed E-state index contributed by atoms with van der Waals surface area (Å²) in [6.45, 7) is 0.518. The smallest absolute Gasteiger partial charge is 0.327 e. The largest absolute Gasteiger partial charge is 0.394 e. The van der Waals surface area contributed by atoms with Gasteiger partial charge in [-0.3, -0.25) is 9.89 Å². The van der Waals surface area contributed by atoms with Crippen molar-refractivity contribution in [2.75, 3.05) is 22.1 Å². The number of halogens is 4. The zero-order chi connectivity index (χ0) is 24.6. The first kappa shape index (κ1) is 22.6. The van der Waals surface area contributed by atoms with Crippen LogP contribution >= 0.6 is 0 Å². The molecule has 182 valence electrons. The number of aromatic nitrogens is 6. The Balaban J connectivity index is 1.39. The molecule has 5 rings (SSSR count). The lowest BCUT2D eigenvalue weighted by atomic mass is 10.2. The molecule has 0 bridgehead atoms. The zero-order valence-corrected chi connectivity index (χ0v) is 18.1. The minimum Gasteiger partial charge on any atom is -0.327 e. The monoisotopic (exact) mass is 489 g/mol. The van der Waals surface area contributed by atoms with Gasteiger partial charge in [-0.1, -0.05) is 0 Å². The van der Waals surface area contributed by atoms with Crippen LogP contribution in [0.5, 0.6) is 0 Å². The second kappa shape index (κ2) is 8.85. The lowest BCUT2D eigenvalue weighted by Crippen LogP contribution is -2.41. The van der Waals surface area contributed by atoms with Crippen LogP contribution in [-0.2, 0) is 11.2 Å². The van der Waals surface area contributed by atoms with Gasteiger partial charge < -0.3 is 15.5 Å². The number of anilines is 4. The molecule has 4 aromatic rings. The SMILES string of the molecule is O=C(Nc1ccc(F)nc1)[C@@H]1CCCN1c1nc(Nc2cc(CC(F)(F)F)[nH]n2)c2cccn2n1. The van der Waals surface area contributed by atoms with Gasteiger partial charge in [-0.2, -0.15) is 27.6 Å². The Morgan fingerprint density at radius 2 is 2.11 bits per heavy atom. The average Bonchev–Trinajstić information content (AvgIpc) is 3.55. The molecule has 14 heteroatoms. The van der Waals surface area contributed by atoms with Gasteiger partial charge in [0.2, 0.25) is 17.8 Å². The number of amides is 1. The second-order valence-corrected chi connectivity index (χ2v) is 8.00. The van der Waals surface area contributed by atoms with Crippen LogP contribution < -0.4 is 15.5 Å². The molecule has 1 atom stereocenters. The number of alkyl halides is 3. The highest BCUT2D eigenvalue weighted by atomic mass is 19.4. The maximum Gasteiger partial charge on any atom is 0.394 e. The highest BCUT2D eigenvalue weighted by molar-refractivity contribution is 5.97. The van der Waals surface area contributed by atoms with E-state index < -0.39 is 24.6 Å². The summed E-state index contributed by atoms with van der Waals surface area (Å²) >= 11 is 0. The third-order valence-corrected chi connectivity index (χ3v) is 5.46. The predicted octanol–water partition coefficient (Wildman–Crippen LogP) is 3.44. The number of hydrogen-bond donors (Lipinski definition) is 3. The van der Waals surface area contributed by atoms with Gasteiger partial charge in [0, 0.05) is 24.5 Å². The first-order valence-corrected chi connectivity index (χ1v) is 10.7. The fourth-order valence-corrected chi connectivity index (χ4v) is 3.94. The first-order valence-electron chi connectivity index (χ1n) is 10.7. The van der Waals surface area contributed by atoms with E-state index in [1.165, 1.54) is 18.3 Å². The number of aromatic amines is 1. The summed E-state index contributed by atoms with van der Waals surface area (Å²) < 4.78 is 52.7. The van der Waals surface area contributed by atoms with Crippen molar-refractivity contribution in [1.29, 1.82) is 0 Å². The van der Waals surface area contributed by atoms with E-state index in [4.69, 9.17) is 0 Å². The lowest BCUT2D eigenvalue weighted by molar-refractivity contribution is -0.127. The number of carbonyl (C=O) groups is 1. The number of hydrogen-bond acceptors (Lipinski definition) is 7. The maximum atomic E-state index is 13.1. The van der Waals surface area contributed by atoms with Crippen LogP contribution in [0.25, 0.3) is 5.52 Å². The van der Waals surface area contributed by atoms with Crippen molar-refractivity contribution in [2.24, 2.45) is 0 Å². The molecular weight excluding hydrogens is 470 g/mol. The molecular formula is C21H19F4N9O. The molecule has 0 aliphatic carbocycles. The highest BCUT2D eigenvalue weighted by Crippen LogP contribution is 2.28. The first-order chi connectivity index (χ1) is 16.7. The number of nitrogens with one attached hydrogen (secondary N) is 3. The molecule has 0 saturated carbocycles. The van der Waals surface area contributed by atoms with Crippen molar-refractivity contribution in [1.82, 2.24) is 29.8 Å². The van der Waals surface area contributed by atoms with Gasteiger partial charge in [0.25, 0.3) is 0 Å². The van der Waals surface area contributed by atoms with Gasteiger partial charge >= 0.3 is 6.18 Å². The molecule has 0 radical (unpaired) electrons. The van der Waals surface area contributed by atoms with Crippen molar-refractivity contribution >= 4 is 34.7 Å². The average molecular weight is 489 g/mol. The molecule has 1 fully saturated rings. The second-order valence-electron chi connectivity index (χ2n) is 8.00. The van der Waals surface area contributed by atoms with Gasteiger partial charge in [-0.05, 0) is 37.1 Å². The number of carbonyl (C=O) groups excluding carboxylic acids is 1. The molecule has 1 aliphatic rings. The Kier molecular flexibility index (Phi) is 5.70. The van der Waals surface area contributed by atoms with Crippen LogP contribution in [0.15, 0.2) is 42.7 Å². The van der Waals surface area contributed by atoms with Crippen molar-refractivity contribution in [2.45, 2.75) is 31.5 Å². The third kappa shape index (κ3) is 5.00. The number of H-pyrrole nitrogens is 1. The molecule has 5 heterocycles. The van der Waals surface area contributed by atoms with Crippen LogP contribution in [-0.4, -0.2) is 54.4 Å². The van der Waals surface area contributed by atoms with Gasteiger partial charge in [-0.25, -0.2) is 9.50 Å². The van der Waals surface area contributed by atoms with E-state index in [1.54, 1.807) is 27.7 Å². The van der Waals surface area contributed by atoms with Crippen LogP contribution in [0.2, 0.25) is 0 Å². The number of pyridine rings is 1. The van der Waals surface area contributed by atoms with E-state index >= 15 is 0 Å². The van der Waals surface area contributed by atoms with Crippen LogP contribution in [0.1, 0.15) is 18.5 Å². The fourth-order valence-electron chi connectivity index (χ4n) is 3.94. The van der Waals surface area contributed by atoms with Crippen LogP contribution in [0.3, 0.4) is 0 Å². The topological polar surface area (TPSA) is 116 Å². The van der Waals surface area contributed by atoms with Crippen LogP contribution in [0, 0.1) is 5.95 Å². The van der Waals surface area contributed by atoms with E-state index in [0.717, 1.165) is 12.5 Å². The minimum atomic E-state index is -4.37. The Morgan fingerprint density at radius 1 is 1.26 bits per heavy atom. The van der Waals surface area contributed by atoms with Crippen molar-refractivity contribution < 1.29 is 22.4 Å². The molecule has 0 aromatic carbocycles. The number of rotatable bonds is 6. The van der Waals surface area contributed by atoms with E-state index in [2.05, 4.69) is 35.9 Å². The molecule has 4 aromatic heterocycles. The fraction of sp³-hybridized carbons (Fsp3) is 0.286. The number of nitrogens with zero attached hydrogens (tertiary/aromatic N) is 6. The molecule has 1 amide bonds. The summed E-state index contributed by atoms with van der Waals surface area (Å²) in [5, 5.41) is 16.4. The standard InChI is InChI=1S/C21H19F4N9O/c22-16-6-5-12(11-26-16)27-19(35)15-4-1-7-33(15)20-29-18(14-3-2-8-34(14)32-20)28-17-9-13(30-31-17)10-21(23,24)25/h2-3,5-6,8-9,11,15H,1,4,7,10H2,(H,27,35)(H2,28,29,30,31,32)/t15-/m0/s1. The molecule has 3 N–H and O–H groups in total. The minimum absolute atomic E-state index is 0.0905. The summed E-state index contributed by atoms with van der Waals surface area (Å²) in [6, 6.07) is 6.74. The molecule has 1 saturated heterocycles. The van der Waals surface area contributed by atoms with E-state index in [0.29, 0.717) is 30.0 Å². The highest BCUT2D eigenvalue weighted by Gasteiger charge is 2.33. The number of fused-ring (bicyclic) bond motifs is 1. The van der Waals surface area contributed by atoms with E-state index in [9.17, 15) is 22.4 Å². The molecule has 0 unspecified atom stereocenters. The molecule has 1 aliphatic heterocycles. The Morgan fingerprint density at radius 3 is 2.89 bits per heavy atom. The van der Waals surface area contributed by atoms with Crippen LogP contribution in [0.4, 0.5) is 40.8 Å². The Labute approximate surface area is 195 Å². The quantitative estimate of drug-likeness (QED) is 0.281. The lowest BCUT2D eigenvalue weighted by Gasteiger charge is -2.24. The summed E-state index contributed by atoms with van der Waals surface area (Å²) in [4.78, 5) is 22.8. The normalized spacial score (nSPS) is 16.1.